The molecule has 104 heavy (non-hydrogen) atoms. The Morgan fingerprint density at radius 1 is 0.231 bits per heavy atom. The minimum absolute atomic E-state index is 0.112. The summed E-state index contributed by atoms with van der Waals surface area (Å²) >= 11 is 0. The summed E-state index contributed by atoms with van der Waals surface area (Å²) in [6.45, 7) is 0. The van der Waals surface area contributed by atoms with E-state index in [0.717, 1.165) is 0 Å². The quantitative estimate of drug-likeness (QED) is 0.0262. The van der Waals surface area contributed by atoms with Gasteiger partial charge in [0.2, 0.25) is 23.6 Å². The van der Waals surface area contributed by atoms with Gasteiger partial charge in [-0.3, -0.25) is 19.2 Å². The number of amides is 4. The third-order valence-electron chi connectivity index (χ3n) is 18.6. The maximum atomic E-state index is 15.4. The Balaban J connectivity index is 0.952. The second-order valence-electron chi connectivity index (χ2n) is 25.7. The average Bonchev–Trinajstić information content (AvgIpc) is 0.827. The predicted octanol–water partition coefficient (Wildman–Crippen LogP) is 13.0. The van der Waals surface area contributed by atoms with Gasteiger partial charge in [0.1, 0.15) is 23.0 Å². The summed E-state index contributed by atoms with van der Waals surface area (Å²) in [4.78, 5) is 58.9. The highest BCUT2D eigenvalue weighted by Crippen LogP contribution is 2.49. The van der Waals surface area contributed by atoms with E-state index in [1.54, 1.807) is 243 Å². The minimum Gasteiger partial charge on any atom is -0.507 e. The zero-order valence-corrected chi connectivity index (χ0v) is 59.8. The summed E-state index contributed by atoms with van der Waals surface area (Å²) in [5.74, 6) is -3.98. The van der Waals surface area contributed by atoms with E-state index in [-0.39, 0.29) is 116 Å². The van der Waals surface area contributed by atoms with Crippen LogP contribution < -0.4 is 63.7 Å². The van der Waals surface area contributed by atoms with E-state index in [2.05, 4.69) is 21.3 Å². The van der Waals surface area contributed by atoms with Crippen molar-refractivity contribution < 1.29 is 57.9 Å². The summed E-state index contributed by atoms with van der Waals surface area (Å²) < 4.78 is 61.5. The van der Waals surface area contributed by atoms with Crippen LogP contribution in [0.4, 0.5) is 22.7 Å². The molecule has 12 aromatic carbocycles. The standard InChI is InChI=1S/C84H72N4O12P4/c89-77(53-101(97,69-25-9-1-10-26-69)70-27-11-2-12-28-70)85-65-45-57-41-59-47-66(86-78(90)54-102(98,71-29-13-3-14-30-71)72-31-15-4-16-32-72)49-61(82(59)94)43-63-51-68(88-80(92)56-104(100,75-37-21-7-22-38-75)76-39-23-8-24-40-76)52-64(84(63)96)44-62-50-67(48-60(83(62)95)42-58(46-65)81(57)93)87-79(91)55-103(99,73-33-17-5-18-34-73)74-35-19-6-20-36-74/h1-40,45-52,93-96H,41-44,53-56H2,(H,85,89)(H,86,90)(H,87,91)(H,88,92). The van der Waals surface area contributed by atoms with Crippen LogP contribution in [0.15, 0.2) is 291 Å². The number of carbonyl (C=O) groups is 4. The van der Waals surface area contributed by atoms with Crippen molar-refractivity contribution in [2.45, 2.75) is 25.7 Å². The molecule has 1 aliphatic carbocycles. The molecular formula is C84H72N4O12P4. The normalized spacial score (nSPS) is 12.3. The SMILES string of the molecule is O=C(CP(=O)(c1ccccc1)c1ccccc1)Nc1cc2c(O)c(c1)Cc1cc(NC(=O)CP(=O)(c3ccccc3)c3ccccc3)cc(c1O)Cc1cc(NC(=O)CP(=O)(c3ccccc3)c3ccccc3)cc(c1O)Cc1cc(NC(=O)CP(=O)(c3ccccc3)c3ccccc3)cc(c1O)C2. The van der Waals surface area contributed by atoms with Crippen molar-refractivity contribution >= 4 is 117 Å². The van der Waals surface area contributed by atoms with Gasteiger partial charge in [-0.25, -0.2) is 0 Å². The third kappa shape index (κ3) is 15.5. The van der Waals surface area contributed by atoms with Crippen molar-refractivity contribution in [2.75, 3.05) is 45.9 Å². The Hall–Kier alpha value is -11.4. The lowest BCUT2D eigenvalue weighted by Gasteiger charge is -2.22. The number of benzene rings is 12. The molecule has 0 radical (unpaired) electrons. The van der Waals surface area contributed by atoms with Crippen LogP contribution in [0.2, 0.25) is 0 Å². The van der Waals surface area contributed by atoms with Gasteiger partial charge >= 0.3 is 0 Å². The molecule has 20 heteroatoms. The molecule has 0 heterocycles. The smallest absolute Gasteiger partial charge is 0.232 e. The number of hydrogen-bond donors (Lipinski definition) is 8. The molecule has 0 fully saturated rings. The first kappa shape index (κ1) is 71.1. The zero-order valence-electron chi connectivity index (χ0n) is 56.2. The molecule has 4 amide bonds. The summed E-state index contributed by atoms with van der Waals surface area (Å²) in [5, 5.41) is 66.6. The molecule has 0 aromatic heterocycles. The topological polar surface area (TPSA) is 266 Å². The van der Waals surface area contributed by atoms with Crippen LogP contribution >= 0.6 is 28.6 Å². The molecule has 12 aromatic rings. The van der Waals surface area contributed by atoms with Crippen molar-refractivity contribution in [3.05, 3.63) is 336 Å². The Bertz CT molecular complexity index is 4470. The summed E-state index contributed by atoms with van der Waals surface area (Å²) in [7, 11) is -14.7. The van der Waals surface area contributed by atoms with Crippen LogP contribution in [0.5, 0.6) is 23.0 Å². The van der Waals surface area contributed by atoms with Crippen LogP contribution in [0, 0.1) is 0 Å². The van der Waals surface area contributed by atoms with Crippen molar-refractivity contribution in [3.8, 4) is 23.0 Å². The Morgan fingerprint density at radius 3 is 0.481 bits per heavy atom. The number of phenols is 4. The Kier molecular flexibility index (Phi) is 21.0. The van der Waals surface area contributed by atoms with Gasteiger partial charge in [-0.05, 0) is 48.5 Å². The van der Waals surface area contributed by atoms with Crippen molar-refractivity contribution in [1.29, 1.82) is 0 Å². The second kappa shape index (κ2) is 30.7. The zero-order chi connectivity index (χ0) is 72.6. The molecule has 8 bridgehead atoms. The first-order chi connectivity index (χ1) is 50.2. The van der Waals surface area contributed by atoms with Crippen LogP contribution in [0.1, 0.15) is 44.5 Å². The number of carbonyl (C=O) groups excluding carboxylic acids is 4. The summed E-state index contributed by atoms with van der Waals surface area (Å²) in [6.07, 6.45) is -3.20. The molecular weight excluding hydrogens is 1380 g/mol. The van der Waals surface area contributed by atoms with E-state index in [1.807, 2.05) is 0 Å². The van der Waals surface area contributed by atoms with Gasteiger partial charge in [0.05, 0.1) is 24.6 Å². The highest BCUT2D eigenvalue weighted by atomic mass is 31.2. The minimum atomic E-state index is -3.67. The largest absolute Gasteiger partial charge is 0.507 e. The molecule has 1 aliphatic rings. The summed E-state index contributed by atoms with van der Waals surface area (Å²) in [5.41, 5.74) is 1.38. The number of phenolic OH excluding ortho intramolecular Hbond substituents is 4. The first-order valence-corrected chi connectivity index (χ1v) is 41.2. The van der Waals surface area contributed by atoms with Gasteiger partial charge in [-0.1, -0.05) is 243 Å². The molecule has 0 saturated carbocycles. The Labute approximate surface area is 602 Å². The lowest BCUT2D eigenvalue weighted by Crippen LogP contribution is -2.26. The number of aromatic hydroxyl groups is 4. The van der Waals surface area contributed by atoms with Gasteiger partial charge < -0.3 is 60.0 Å². The molecule has 0 saturated heterocycles. The monoisotopic (exact) mass is 1450 g/mol. The second-order valence-corrected chi connectivity index (χ2v) is 37.1. The van der Waals surface area contributed by atoms with Crippen LogP contribution in [-0.2, 0) is 63.1 Å². The van der Waals surface area contributed by atoms with E-state index in [0.29, 0.717) is 42.4 Å². The number of fused-ring (bicyclic) bond motifs is 8. The van der Waals surface area contributed by atoms with Crippen molar-refractivity contribution in [3.63, 3.8) is 0 Å². The third-order valence-corrected chi connectivity index (χ3v) is 30.6. The maximum Gasteiger partial charge on any atom is 0.232 e. The Morgan fingerprint density at radius 2 is 0.356 bits per heavy atom. The average molecular weight is 1450 g/mol. The van der Waals surface area contributed by atoms with Crippen molar-refractivity contribution in [1.82, 2.24) is 0 Å². The van der Waals surface area contributed by atoms with Gasteiger partial charge in [-0.2, -0.15) is 0 Å². The van der Waals surface area contributed by atoms with E-state index in [4.69, 9.17) is 0 Å². The molecule has 0 aliphatic heterocycles. The number of rotatable bonds is 20. The molecule has 16 nitrogen and oxygen atoms in total. The predicted molar refractivity (Wildman–Crippen MR) is 417 cm³/mol. The fourth-order valence-electron chi connectivity index (χ4n) is 13.5. The van der Waals surface area contributed by atoms with Gasteiger partial charge in [0.25, 0.3) is 0 Å². The van der Waals surface area contributed by atoms with E-state index in [9.17, 15) is 39.6 Å². The molecule has 520 valence electrons. The fourth-order valence-corrected chi connectivity index (χ4v) is 23.3. The first-order valence-electron chi connectivity index (χ1n) is 33.6. The van der Waals surface area contributed by atoms with Gasteiger partial charge in [0.15, 0.2) is 28.6 Å². The lowest BCUT2D eigenvalue weighted by atomic mass is 9.90. The highest BCUT2D eigenvalue weighted by molar-refractivity contribution is 7.80. The van der Waals surface area contributed by atoms with E-state index >= 15 is 18.3 Å². The fraction of sp³-hybridized carbons (Fsp3) is 0.0952. The maximum absolute atomic E-state index is 15.4. The van der Waals surface area contributed by atoms with Gasteiger partial charge in [0, 0.05) is 135 Å². The van der Waals surface area contributed by atoms with Gasteiger partial charge in [-0.15, -0.1) is 0 Å². The highest BCUT2D eigenvalue weighted by Gasteiger charge is 2.36. The number of hydrogen-bond acceptors (Lipinski definition) is 12. The summed E-state index contributed by atoms with van der Waals surface area (Å²) in [6, 6.07) is 81.4. The molecule has 8 N–H and O–H groups in total. The van der Waals surface area contributed by atoms with Crippen LogP contribution in [0.25, 0.3) is 0 Å². The van der Waals surface area contributed by atoms with Crippen molar-refractivity contribution in [2.24, 2.45) is 0 Å². The number of nitrogens with one attached hydrogen (secondary N) is 4. The van der Waals surface area contributed by atoms with Crippen LogP contribution in [0.3, 0.4) is 0 Å². The molecule has 0 atom stereocenters. The van der Waals surface area contributed by atoms with Crippen LogP contribution in [-0.4, -0.2) is 68.7 Å². The molecule has 0 spiro atoms. The molecule has 0 unspecified atom stereocenters. The van der Waals surface area contributed by atoms with E-state index < -0.39 is 76.8 Å². The number of anilines is 4. The molecule has 13 rings (SSSR count). The van der Waals surface area contributed by atoms with E-state index in [1.165, 1.54) is 48.5 Å². The lowest BCUT2D eigenvalue weighted by molar-refractivity contribution is -0.114.